The molecule has 1 amide bonds. The third-order valence-electron chi connectivity index (χ3n) is 9.34. The maximum absolute atomic E-state index is 12.2. The van der Waals surface area contributed by atoms with E-state index < -0.39 is 9.84 Å². The molecule has 10 heteroatoms. The predicted octanol–water partition coefficient (Wildman–Crippen LogP) is 4.32. The lowest BCUT2D eigenvalue weighted by molar-refractivity contribution is -0.114. The molecule has 0 spiro atoms. The average Bonchev–Trinajstić information content (AvgIpc) is 3.41. The molecule has 4 heterocycles. The minimum Gasteiger partial charge on any atom is -0.381 e. The molecule has 9 nitrogen and oxygen atoms in total. The molecule has 0 atom stereocenters. The Kier molecular flexibility index (Phi) is 7.84. The van der Waals surface area contributed by atoms with Crippen LogP contribution in [0.3, 0.4) is 0 Å². The Balaban J connectivity index is 1.49. The van der Waals surface area contributed by atoms with Gasteiger partial charge in [-0.05, 0) is 29.8 Å². The van der Waals surface area contributed by atoms with Gasteiger partial charge in [-0.1, -0.05) is 12.1 Å². The van der Waals surface area contributed by atoms with E-state index in [0.717, 1.165) is 90.1 Å². The van der Waals surface area contributed by atoms with Crippen molar-refractivity contribution in [1.82, 2.24) is 9.47 Å². The van der Waals surface area contributed by atoms with Gasteiger partial charge in [0.2, 0.25) is 5.91 Å². The lowest BCUT2D eigenvalue weighted by atomic mass is 9.94. The summed E-state index contributed by atoms with van der Waals surface area (Å²) in [5, 5.41) is 3.96. The minimum absolute atomic E-state index is 0.0932. The van der Waals surface area contributed by atoms with Gasteiger partial charge in [0.25, 0.3) is 0 Å². The Morgan fingerprint density at radius 3 is 2.07 bits per heavy atom. The van der Waals surface area contributed by atoms with Gasteiger partial charge >= 0.3 is 0 Å². The van der Waals surface area contributed by atoms with Crippen LogP contribution in [-0.2, 0) is 24.1 Å². The summed E-state index contributed by atoms with van der Waals surface area (Å²) in [5.41, 5.74) is 6.28. The Hall–Kier alpha value is -2.92. The Morgan fingerprint density at radius 2 is 1.51 bits per heavy atom. The zero-order chi connectivity index (χ0) is 28.6. The summed E-state index contributed by atoms with van der Waals surface area (Å²) in [6.45, 7) is 5.60. The first-order valence-electron chi connectivity index (χ1n) is 14.7. The van der Waals surface area contributed by atoms with Gasteiger partial charge in [0.15, 0.2) is 15.5 Å². The van der Waals surface area contributed by atoms with Crippen molar-refractivity contribution in [2.24, 2.45) is 0 Å². The van der Waals surface area contributed by atoms with E-state index in [0.29, 0.717) is 25.2 Å². The number of aromatic amines is 1. The highest BCUT2D eigenvalue weighted by atomic mass is 32.2. The summed E-state index contributed by atoms with van der Waals surface area (Å²) >= 11 is 0. The largest absolute Gasteiger partial charge is 0.381 e. The van der Waals surface area contributed by atoms with Crippen LogP contribution in [0.15, 0.2) is 42.5 Å². The molecule has 0 radical (unpaired) electrons. The second-order valence-corrected chi connectivity index (χ2v) is 14.1. The van der Waals surface area contributed by atoms with Crippen LogP contribution in [0.5, 0.6) is 0 Å². The van der Waals surface area contributed by atoms with Crippen molar-refractivity contribution < 1.29 is 22.7 Å². The van der Waals surface area contributed by atoms with Crippen LogP contribution in [0, 0.1) is 0 Å². The van der Waals surface area contributed by atoms with E-state index >= 15 is 0 Å². The fraction of sp³-hybridized carbons (Fsp3) is 0.516. The van der Waals surface area contributed by atoms with Crippen LogP contribution in [0.25, 0.3) is 22.2 Å². The summed E-state index contributed by atoms with van der Waals surface area (Å²) in [7, 11) is -0.591. The number of anilines is 2. The van der Waals surface area contributed by atoms with Crippen molar-refractivity contribution in [2.45, 2.75) is 44.7 Å². The first-order valence-corrected chi connectivity index (χ1v) is 16.6. The summed E-state index contributed by atoms with van der Waals surface area (Å²) in [5.74, 6) is 0.279. The second-order valence-electron chi connectivity index (χ2n) is 11.8. The molecule has 2 aromatic carbocycles. The van der Waals surface area contributed by atoms with Crippen LogP contribution in [-0.4, -0.2) is 89.5 Å². The fourth-order valence-electron chi connectivity index (χ4n) is 6.97. The summed E-state index contributed by atoms with van der Waals surface area (Å²) in [6.07, 6.45) is 4.00. The third-order valence-corrected chi connectivity index (χ3v) is 10.9. The van der Waals surface area contributed by atoms with E-state index in [1.54, 1.807) is 0 Å². The molecule has 3 fully saturated rings. The molecule has 2 N–H and O–H groups in total. The lowest BCUT2D eigenvalue weighted by Gasteiger charge is -2.49. The summed E-state index contributed by atoms with van der Waals surface area (Å²) < 4.78 is 36.9. The van der Waals surface area contributed by atoms with E-state index in [2.05, 4.69) is 40.4 Å². The number of hydrogen-bond donors (Lipinski definition) is 2. The summed E-state index contributed by atoms with van der Waals surface area (Å²) in [4.78, 5) is 17.5. The normalized spacial score (nSPS) is 20.8. The van der Waals surface area contributed by atoms with Crippen LogP contribution in [0.2, 0.25) is 0 Å². The molecule has 3 aliphatic rings. The number of aromatic nitrogens is 1. The third kappa shape index (κ3) is 5.75. The van der Waals surface area contributed by atoms with Crippen LogP contribution < -0.4 is 14.7 Å². The number of nitrogens with one attached hydrogen (secondary N) is 2. The van der Waals surface area contributed by atoms with Crippen molar-refractivity contribution in [2.75, 3.05) is 68.3 Å². The molecule has 0 aliphatic carbocycles. The van der Waals surface area contributed by atoms with Crippen molar-refractivity contribution in [1.29, 1.82) is 0 Å². The van der Waals surface area contributed by atoms with Crippen LogP contribution in [0.1, 0.15) is 32.6 Å². The highest BCUT2D eigenvalue weighted by Crippen LogP contribution is 2.43. The van der Waals surface area contributed by atoms with Gasteiger partial charge in [-0.2, -0.15) is 0 Å². The van der Waals surface area contributed by atoms with E-state index in [1.165, 1.54) is 12.6 Å². The number of nitrogens with zero attached hydrogens (tertiary/aromatic N) is 2. The minimum atomic E-state index is -2.99. The van der Waals surface area contributed by atoms with Crippen molar-refractivity contribution in [3.05, 3.63) is 42.5 Å². The number of hydrogen-bond acceptors (Lipinski definition) is 6. The van der Waals surface area contributed by atoms with Crippen molar-refractivity contribution >= 4 is 43.7 Å². The Labute approximate surface area is 242 Å². The lowest BCUT2D eigenvalue weighted by Crippen LogP contribution is -2.63. The SMILES string of the molecule is CC(=O)Nc1ccc(-c2cc3cc(N4CCS(=O)(=O)CC4)cc([N+](C)(C4CCOCC4)C4CCOCC4)c3[nH]2)cc1. The van der Waals surface area contributed by atoms with Crippen LogP contribution >= 0.6 is 0 Å². The predicted molar refractivity (Wildman–Crippen MR) is 164 cm³/mol. The number of carbonyl (C=O) groups is 1. The Bertz CT molecular complexity index is 1470. The van der Waals surface area contributed by atoms with Gasteiger partial charge in [-0.15, -0.1) is 0 Å². The molecule has 220 valence electrons. The van der Waals surface area contributed by atoms with E-state index in [1.807, 2.05) is 24.3 Å². The zero-order valence-corrected chi connectivity index (χ0v) is 24.8. The molecular weight excluding hydrogens is 540 g/mol. The molecule has 3 saturated heterocycles. The number of benzene rings is 2. The highest BCUT2D eigenvalue weighted by molar-refractivity contribution is 7.91. The number of ether oxygens (including phenoxy) is 2. The van der Waals surface area contributed by atoms with Gasteiger partial charge in [0, 0.05) is 74.2 Å². The first-order chi connectivity index (χ1) is 19.7. The van der Waals surface area contributed by atoms with E-state index in [4.69, 9.17) is 9.47 Å². The number of sulfone groups is 1. The molecule has 0 saturated carbocycles. The zero-order valence-electron chi connectivity index (χ0n) is 24.0. The molecule has 0 unspecified atom stereocenters. The van der Waals surface area contributed by atoms with Gasteiger partial charge in [0.1, 0.15) is 5.52 Å². The van der Waals surface area contributed by atoms with Gasteiger partial charge in [-0.25, -0.2) is 8.42 Å². The number of quaternary nitrogens is 1. The highest BCUT2D eigenvalue weighted by Gasteiger charge is 2.45. The number of rotatable bonds is 6. The number of H-pyrrole nitrogens is 1. The topological polar surface area (TPSA) is 101 Å². The molecule has 3 aromatic rings. The van der Waals surface area contributed by atoms with Gasteiger partial charge in [0.05, 0.1) is 57.1 Å². The number of carbonyl (C=O) groups excluding carboxylic acids is 1. The quantitative estimate of drug-likeness (QED) is 0.421. The van der Waals surface area contributed by atoms with E-state index in [9.17, 15) is 13.2 Å². The molecule has 0 bridgehead atoms. The van der Waals surface area contributed by atoms with Gasteiger partial charge in [-0.3, -0.25) is 9.28 Å². The average molecular weight is 582 g/mol. The molecule has 1 aromatic heterocycles. The number of fused-ring (bicyclic) bond motifs is 1. The molecule has 3 aliphatic heterocycles. The molecule has 6 rings (SSSR count). The molecular formula is C31H41N4O5S+. The second kappa shape index (κ2) is 11.4. The van der Waals surface area contributed by atoms with Crippen molar-refractivity contribution in [3.63, 3.8) is 0 Å². The summed E-state index contributed by atoms with van der Waals surface area (Å²) in [6, 6.07) is 15.5. The van der Waals surface area contributed by atoms with Crippen molar-refractivity contribution in [3.8, 4) is 11.3 Å². The first kappa shape index (κ1) is 28.2. The standard InChI is InChI=1S/C31H40N4O5S/c1-22(36)32-25-5-3-23(4-6-25)29-20-24-19-26(34-11-17-41(37,38)18-12-34)21-30(31(24)33-29)35(2,27-7-13-39-14-8-27)28-9-15-40-16-10-28/h3-6,19-21,27-28,33H,7-18H2,1-2H3/p+1. The number of amides is 1. The monoisotopic (exact) mass is 581 g/mol. The fourth-order valence-corrected chi connectivity index (χ4v) is 8.17. The van der Waals surface area contributed by atoms with E-state index in [-0.39, 0.29) is 17.4 Å². The smallest absolute Gasteiger partial charge is 0.221 e. The maximum Gasteiger partial charge on any atom is 0.221 e. The van der Waals surface area contributed by atoms with Crippen LogP contribution in [0.4, 0.5) is 17.1 Å². The van der Waals surface area contributed by atoms with Gasteiger partial charge < -0.3 is 24.7 Å². The maximum atomic E-state index is 12.2. The molecule has 41 heavy (non-hydrogen) atoms. The Morgan fingerprint density at radius 1 is 0.927 bits per heavy atom.